The third kappa shape index (κ3) is 3.16. The number of methoxy groups -OCH3 is 1. The molecule has 0 saturated heterocycles. The lowest BCUT2D eigenvalue weighted by Gasteiger charge is -2.41. The number of amides is 1. The molecule has 22 heavy (non-hydrogen) atoms. The largest absolute Gasteiger partial charge is 0.490 e. The van der Waals surface area contributed by atoms with E-state index < -0.39 is 22.3 Å². The Morgan fingerprint density at radius 2 is 2.14 bits per heavy atom. The molecular formula is C14H16N2O6. The normalized spacial score (nSPS) is 15.5. The van der Waals surface area contributed by atoms with Crippen molar-refractivity contribution in [3.05, 3.63) is 33.9 Å². The fourth-order valence-corrected chi connectivity index (χ4v) is 2.52. The highest BCUT2D eigenvalue weighted by molar-refractivity contribution is 5.96. The van der Waals surface area contributed by atoms with Gasteiger partial charge in [-0.3, -0.25) is 19.7 Å². The molecule has 0 aliphatic heterocycles. The van der Waals surface area contributed by atoms with Crippen LogP contribution < -0.4 is 10.1 Å². The molecule has 0 atom stereocenters. The molecule has 1 fully saturated rings. The molecule has 8 nitrogen and oxygen atoms in total. The van der Waals surface area contributed by atoms with E-state index in [4.69, 9.17) is 9.84 Å². The van der Waals surface area contributed by atoms with Gasteiger partial charge >= 0.3 is 11.7 Å². The average molecular weight is 308 g/mol. The predicted octanol–water partition coefficient (Wildman–Crippen LogP) is 1.73. The van der Waals surface area contributed by atoms with Gasteiger partial charge in [-0.1, -0.05) is 0 Å². The Morgan fingerprint density at radius 3 is 2.59 bits per heavy atom. The molecule has 0 radical (unpaired) electrons. The standard InChI is InChI=1S/C14H16N2O6/c1-22-11-7-9(3-4-10(11)16(20)21)13(19)15-14(5-2-6-14)8-12(17)18/h3-4,7H,2,5-6,8H2,1H3,(H,15,19)(H,17,18). The molecule has 118 valence electrons. The third-order valence-electron chi connectivity index (χ3n) is 3.82. The molecule has 1 aromatic carbocycles. The van der Waals surface area contributed by atoms with E-state index in [0.717, 1.165) is 6.42 Å². The van der Waals surface area contributed by atoms with Crippen LogP contribution in [0.2, 0.25) is 0 Å². The van der Waals surface area contributed by atoms with Crippen molar-refractivity contribution in [1.82, 2.24) is 5.32 Å². The number of nitrogens with zero attached hydrogens (tertiary/aromatic N) is 1. The van der Waals surface area contributed by atoms with Gasteiger partial charge in [-0.2, -0.15) is 0 Å². The Balaban J connectivity index is 2.19. The molecule has 1 aliphatic carbocycles. The van der Waals surface area contributed by atoms with Crippen molar-refractivity contribution in [2.24, 2.45) is 0 Å². The highest BCUT2D eigenvalue weighted by atomic mass is 16.6. The second kappa shape index (κ2) is 6.00. The second-order valence-electron chi connectivity index (χ2n) is 5.30. The highest BCUT2D eigenvalue weighted by Crippen LogP contribution is 2.35. The number of nitro groups is 1. The number of hydrogen-bond acceptors (Lipinski definition) is 5. The summed E-state index contributed by atoms with van der Waals surface area (Å²) in [6, 6.07) is 3.79. The monoisotopic (exact) mass is 308 g/mol. The molecule has 0 unspecified atom stereocenters. The summed E-state index contributed by atoms with van der Waals surface area (Å²) in [6.45, 7) is 0. The van der Waals surface area contributed by atoms with Gasteiger partial charge in [-0.15, -0.1) is 0 Å². The summed E-state index contributed by atoms with van der Waals surface area (Å²) >= 11 is 0. The number of carbonyl (C=O) groups excluding carboxylic acids is 1. The van der Waals surface area contributed by atoms with Crippen LogP contribution in [0.1, 0.15) is 36.0 Å². The van der Waals surface area contributed by atoms with Crippen molar-refractivity contribution in [3.8, 4) is 5.75 Å². The average Bonchev–Trinajstić information content (AvgIpc) is 2.43. The topological polar surface area (TPSA) is 119 Å². The summed E-state index contributed by atoms with van der Waals surface area (Å²) < 4.78 is 4.92. The van der Waals surface area contributed by atoms with Gasteiger partial charge < -0.3 is 15.2 Å². The number of nitro benzene ring substituents is 1. The van der Waals surface area contributed by atoms with E-state index in [1.54, 1.807) is 0 Å². The van der Waals surface area contributed by atoms with Gasteiger partial charge in [0.15, 0.2) is 5.75 Å². The number of hydrogen-bond donors (Lipinski definition) is 2. The molecule has 2 N–H and O–H groups in total. The van der Waals surface area contributed by atoms with Crippen LogP contribution in [-0.2, 0) is 4.79 Å². The fraction of sp³-hybridized carbons (Fsp3) is 0.429. The molecular weight excluding hydrogens is 292 g/mol. The Morgan fingerprint density at radius 1 is 1.45 bits per heavy atom. The predicted molar refractivity (Wildman–Crippen MR) is 75.9 cm³/mol. The van der Waals surface area contributed by atoms with E-state index in [1.807, 2.05) is 0 Å². The maximum absolute atomic E-state index is 12.3. The van der Waals surface area contributed by atoms with Crippen LogP contribution in [0.5, 0.6) is 5.75 Å². The smallest absolute Gasteiger partial charge is 0.310 e. The lowest BCUT2D eigenvalue weighted by Crippen LogP contribution is -2.54. The Bertz CT molecular complexity index is 624. The van der Waals surface area contributed by atoms with Crippen LogP contribution in [0.15, 0.2) is 18.2 Å². The molecule has 2 rings (SSSR count). The first kappa shape index (κ1) is 15.7. The van der Waals surface area contributed by atoms with E-state index >= 15 is 0 Å². The van der Waals surface area contributed by atoms with Gasteiger partial charge in [0.05, 0.1) is 24.0 Å². The van der Waals surface area contributed by atoms with Crippen molar-refractivity contribution in [3.63, 3.8) is 0 Å². The Kier molecular flexibility index (Phi) is 4.30. The minimum Gasteiger partial charge on any atom is -0.490 e. The van der Waals surface area contributed by atoms with Gasteiger partial charge in [-0.05, 0) is 25.3 Å². The second-order valence-corrected chi connectivity index (χ2v) is 5.30. The van der Waals surface area contributed by atoms with E-state index in [9.17, 15) is 19.7 Å². The molecule has 1 aromatic rings. The minimum absolute atomic E-state index is 0.0152. The summed E-state index contributed by atoms with van der Waals surface area (Å²) in [5, 5.41) is 22.5. The van der Waals surface area contributed by atoms with E-state index in [2.05, 4.69) is 5.32 Å². The SMILES string of the molecule is COc1cc(C(=O)NC2(CC(=O)O)CCC2)ccc1[N+](=O)[O-]. The zero-order chi connectivity index (χ0) is 16.3. The first-order valence-corrected chi connectivity index (χ1v) is 6.74. The van der Waals surface area contributed by atoms with Gasteiger partial charge in [0.1, 0.15) is 0 Å². The number of nitrogens with one attached hydrogen (secondary N) is 1. The highest BCUT2D eigenvalue weighted by Gasteiger charge is 2.40. The zero-order valence-corrected chi connectivity index (χ0v) is 12.0. The number of ether oxygens (including phenoxy) is 1. The van der Waals surface area contributed by atoms with Crippen molar-refractivity contribution < 1.29 is 24.4 Å². The van der Waals surface area contributed by atoms with E-state index in [1.165, 1.54) is 25.3 Å². The van der Waals surface area contributed by atoms with Crippen molar-refractivity contribution in [2.45, 2.75) is 31.2 Å². The molecule has 0 bridgehead atoms. The Labute approximate surface area is 126 Å². The van der Waals surface area contributed by atoms with Crippen molar-refractivity contribution >= 4 is 17.6 Å². The van der Waals surface area contributed by atoms with Crippen LogP contribution in [0.4, 0.5) is 5.69 Å². The molecule has 1 saturated carbocycles. The van der Waals surface area contributed by atoms with E-state index in [0.29, 0.717) is 12.8 Å². The van der Waals surface area contributed by atoms with E-state index in [-0.39, 0.29) is 23.4 Å². The Hall–Kier alpha value is -2.64. The number of carboxylic acids is 1. The first-order valence-electron chi connectivity index (χ1n) is 6.74. The molecule has 8 heteroatoms. The summed E-state index contributed by atoms with van der Waals surface area (Å²) in [4.78, 5) is 33.4. The lowest BCUT2D eigenvalue weighted by molar-refractivity contribution is -0.385. The maximum Gasteiger partial charge on any atom is 0.310 e. The molecule has 1 amide bonds. The first-order chi connectivity index (χ1) is 10.4. The van der Waals surface area contributed by atoms with Crippen LogP contribution in [0, 0.1) is 10.1 Å². The lowest BCUT2D eigenvalue weighted by atomic mass is 9.74. The maximum atomic E-state index is 12.3. The number of carbonyl (C=O) groups is 2. The van der Waals surface area contributed by atoms with Crippen molar-refractivity contribution in [1.29, 1.82) is 0 Å². The number of aliphatic carboxylic acids is 1. The summed E-state index contributed by atoms with van der Waals surface area (Å²) in [5.41, 5.74) is -0.764. The third-order valence-corrected chi connectivity index (χ3v) is 3.82. The number of benzene rings is 1. The molecule has 0 heterocycles. The van der Waals surface area contributed by atoms with Crippen LogP contribution in [-0.4, -0.2) is 34.6 Å². The number of carboxylic acid groups (broad SMARTS) is 1. The van der Waals surface area contributed by atoms with Gasteiger partial charge in [0, 0.05) is 17.7 Å². The van der Waals surface area contributed by atoms with Crippen molar-refractivity contribution in [2.75, 3.05) is 7.11 Å². The molecule has 0 aromatic heterocycles. The number of rotatable bonds is 6. The minimum atomic E-state index is -0.971. The summed E-state index contributed by atoms with van der Waals surface area (Å²) in [7, 11) is 1.28. The summed E-state index contributed by atoms with van der Waals surface area (Å²) in [5.74, 6) is -1.45. The van der Waals surface area contributed by atoms with Crippen LogP contribution in [0.3, 0.4) is 0 Å². The quantitative estimate of drug-likeness (QED) is 0.610. The van der Waals surface area contributed by atoms with Gasteiger partial charge in [0.2, 0.25) is 0 Å². The van der Waals surface area contributed by atoms with Crippen LogP contribution in [0.25, 0.3) is 0 Å². The zero-order valence-electron chi connectivity index (χ0n) is 12.0. The van der Waals surface area contributed by atoms with Crippen LogP contribution >= 0.6 is 0 Å². The molecule has 0 spiro atoms. The van der Waals surface area contributed by atoms with Gasteiger partial charge in [-0.25, -0.2) is 0 Å². The fourth-order valence-electron chi connectivity index (χ4n) is 2.52. The van der Waals surface area contributed by atoms with Gasteiger partial charge in [0.25, 0.3) is 5.91 Å². The molecule has 1 aliphatic rings. The summed E-state index contributed by atoms with van der Waals surface area (Å²) in [6.07, 6.45) is 1.93.